The first-order chi connectivity index (χ1) is 10.2. The van der Waals surface area contributed by atoms with E-state index >= 15 is 0 Å². The maximum atomic E-state index is 5.44. The van der Waals surface area contributed by atoms with Crippen molar-refractivity contribution in [1.29, 1.82) is 0 Å². The molecule has 0 N–H and O–H groups in total. The fourth-order valence-corrected chi connectivity index (χ4v) is 2.52. The molecule has 1 unspecified atom stereocenters. The number of methoxy groups -OCH3 is 1. The molecule has 2 aromatic rings. The Kier molecular flexibility index (Phi) is 5.82. The maximum Gasteiger partial charge on any atom is 0.122 e. The van der Waals surface area contributed by atoms with Gasteiger partial charge >= 0.3 is 0 Å². The molecule has 2 nitrogen and oxygen atoms in total. The van der Waals surface area contributed by atoms with Gasteiger partial charge in [0.2, 0.25) is 0 Å². The Morgan fingerprint density at radius 2 is 1.67 bits per heavy atom. The van der Waals surface area contributed by atoms with Gasteiger partial charge < -0.3 is 9.64 Å². The van der Waals surface area contributed by atoms with Crippen molar-refractivity contribution in [2.75, 3.05) is 20.7 Å². The zero-order valence-electron chi connectivity index (χ0n) is 13.3. The van der Waals surface area contributed by atoms with Gasteiger partial charge in [0.25, 0.3) is 0 Å². The number of hydrogen-bond donors (Lipinski definition) is 0. The van der Waals surface area contributed by atoms with Gasteiger partial charge in [-0.1, -0.05) is 48.5 Å². The van der Waals surface area contributed by atoms with E-state index in [4.69, 9.17) is 4.74 Å². The van der Waals surface area contributed by atoms with Gasteiger partial charge in [-0.15, -0.1) is 0 Å². The molecule has 0 amide bonds. The standard InChI is InChI=1S/C19H25NO/c1-16(15-18-11-7-8-12-19(18)21-3)20(2)14-13-17-9-5-4-6-10-17/h4-12,16H,13-15H2,1-3H3. The highest BCUT2D eigenvalue weighted by atomic mass is 16.5. The van der Waals surface area contributed by atoms with Crippen molar-refractivity contribution in [3.05, 3.63) is 65.7 Å². The first kappa shape index (κ1) is 15.6. The van der Waals surface area contributed by atoms with E-state index in [1.165, 1.54) is 11.1 Å². The summed E-state index contributed by atoms with van der Waals surface area (Å²) in [7, 11) is 3.94. The number of nitrogens with zero attached hydrogens (tertiary/aromatic N) is 1. The molecule has 0 spiro atoms. The molecule has 2 aromatic carbocycles. The molecule has 0 bridgehead atoms. The van der Waals surface area contributed by atoms with Crippen LogP contribution in [0.5, 0.6) is 5.75 Å². The van der Waals surface area contributed by atoms with Crippen molar-refractivity contribution < 1.29 is 4.74 Å². The topological polar surface area (TPSA) is 12.5 Å². The van der Waals surface area contributed by atoms with Crippen LogP contribution in [-0.4, -0.2) is 31.6 Å². The minimum Gasteiger partial charge on any atom is -0.496 e. The van der Waals surface area contributed by atoms with Gasteiger partial charge in [-0.25, -0.2) is 0 Å². The second kappa shape index (κ2) is 7.84. The van der Waals surface area contributed by atoms with Crippen LogP contribution in [0.4, 0.5) is 0 Å². The Morgan fingerprint density at radius 3 is 2.38 bits per heavy atom. The fourth-order valence-electron chi connectivity index (χ4n) is 2.52. The summed E-state index contributed by atoms with van der Waals surface area (Å²) in [4.78, 5) is 2.42. The Hall–Kier alpha value is -1.80. The van der Waals surface area contributed by atoms with Crippen LogP contribution in [0, 0.1) is 0 Å². The minimum absolute atomic E-state index is 0.491. The van der Waals surface area contributed by atoms with Crippen LogP contribution in [0.15, 0.2) is 54.6 Å². The lowest BCUT2D eigenvalue weighted by molar-refractivity contribution is 0.257. The van der Waals surface area contributed by atoms with E-state index < -0.39 is 0 Å². The van der Waals surface area contributed by atoms with E-state index in [1.807, 2.05) is 12.1 Å². The molecule has 0 aliphatic carbocycles. The van der Waals surface area contributed by atoms with E-state index in [-0.39, 0.29) is 0 Å². The number of benzene rings is 2. The number of ether oxygens (including phenoxy) is 1. The summed E-state index contributed by atoms with van der Waals surface area (Å²) in [6.45, 7) is 3.35. The smallest absolute Gasteiger partial charge is 0.122 e. The molecule has 0 saturated heterocycles. The maximum absolute atomic E-state index is 5.44. The Labute approximate surface area is 128 Å². The van der Waals surface area contributed by atoms with Crippen molar-refractivity contribution in [3.63, 3.8) is 0 Å². The number of hydrogen-bond acceptors (Lipinski definition) is 2. The van der Waals surface area contributed by atoms with Crippen molar-refractivity contribution >= 4 is 0 Å². The summed E-state index contributed by atoms with van der Waals surface area (Å²) in [6, 6.07) is 19.4. The first-order valence-corrected chi connectivity index (χ1v) is 7.56. The lowest BCUT2D eigenvalue weighted by atomic mass is 10.0. The fraction of sp³-hybridized carbons (Fsp3) is 0.368. The van der Waals surface area contributed by atoms with Gasteiger partial charge in [-0.05, 0) is 44.0 Å². The van der Waals surface area contributed by atoms with Crippen molar-refractivity contribution in [3.8, 4) is 5.75 Å². The van der Waals surface area contributed by atoms with E-state index in [0.29, 0.717) is 6.04 Å². The third kappa shape index (κ3) is 4.61. The van der Waals surface area contributed by atoms with E-state index in [2.05, 4.69) is 61.3 Å². The van der Waals surface area contributed by atoms with Crippen molar-refractivity contribution in [2.24, 2.45) is 0 Å². The summed E-state index contributed by atoms with van der Waals surface area (Å²) in [5, 5.41) is 0. The Bertz CT molecular complexity index is 538. The van der Waals surface area contributed by atoms with Crippen molar-refractivity contribution in [1.82, 2.24) is 4.90 Å². The van der Waals surface area contributed by atoms with Gasteiger partial charge in [0.15, 0.2) is 0 Å². The number of likely N-dealkylation sites (N-methyl/N-ethyl adjacent to an activating group) is 1. The molecule has 0 radical (unpaired) electrons. The van der Waals surface area contributed by atoms with Gasteiger partial charge in [-0.3, -0.25) is 0 Å². The molecule has 1 atom stereocenters. The Morgan fingerprint density at radius 1 is 1.00 bits per heavy atom. The average molecular weight is 283 g/mol. The number of para-hydroxylation sites is 1. The summed E-state index contributed by atoms with van der Waals surface area (Å²) in [6.07, 6.45) is 2.10. The largest absolute Gasteiger partial charge is 0.496 e. The molecule has 112 valence electrons. The highest BCUT2D eigenvalue weighted by Crippen LogP contribution is 2.20. The Balaban J connectivity index is 1.89. The van der Waals surface area contributed by atoms with Crippen molar-refractivity contribution in [2.45, 2.75) is 25.8 Å². The zero-order chi connectivity index (χ0) is 15.1. The van der Waals surface area contributed by atoms with Crippen LogP contribution >= 0.6 is 0 Å². The van der Waals surface area contributed by atoms with Gasteiger partial charge in [-0.2, -0.15) is 0 Å². The summed E-state index contributed by atoms with van der Waals surface area (Å²) in [5.41, 5.74) is 2.67. The van der Waals surface area contributed by atoms with Crippen LogP contribution in [0.1, 0.15) is 18.1 Å². The monoisotopic (exact) mass is 283 g/mol. The summed E-state index contributed by atoms with van der Waals surface area (Å²) in [5.74, 6) is 0.987. The summed E-state index contributed by atoms with van der Waals surface area (Å²) >= 11 is 0. The third-order valence-electron chi connectivity index (χ3n) is 4.06. The second-order valence-electron chi connectivity index (χ2n) is 5.58. The number of rotatable bonds is 7. The predicted octanol–water partition coefficient (Wildman–Crippen LogP) is 3.80. The average Bonchev–Trinajstić information content (AvgIpc) is 2.54. The molecule has 0 saturated carbocycles. The predicted molar refractivity (Wildman–Crippen MR) is 88.9 cm³/mol. The molecule has 0 fully saturated rings. The van der Waals surface area contributed by atoms with E-state index in [9.17, 15) is 0 Å². The summed E-state index contributed by atoms with van der Waals surface area (Å²) < 4.78 is 5.44. The minimum atomic E-state index is 0.491. The molecular formula is C19H25NO. The van der Waals surface area contributed by atoms with E-state index in [0.717, 1.165) is 25.1 Å². The van der Waals surface area contributed by atoms with Crippen LogP contribution in [0.2, 0.25) is 0 Å². The molecule has 0 heterocycles. The molecule has 0 aliphatic heterocycles. The van der Waals surface area contributed by atoms with E-state index in [1.54, 1.807) is 7.11 Å². The SMILES string of the molecule is COc1ccccc1CC(C)N(C)CCc1ccccc1. The second-order valence-corrected chi connectivity index (χ2v) is 5.58. The van der Waals surface area contributed by atoms with Crippen LogP contribution < -0.4 is 4.74 Å². The third-order valence-corrected chi connectivity index (χ3v) is 4.06. The molecule has 0 aliphatic rings. The normalized spacial score (nSPS) is 12.4. The highest BCUT2D eigenvalue weighted by Gasteiger charge is 2.12. The van der Waals surface area contributed by atoms with Gasteiger partial charge in [0, 0.05) is 12.6 Å². The lowest BCUT2D eigenvalue weighted by Crippen LogP contribution is -2.32. The van der Waals surface area contributed by atoms with Crippen LogP contribution in [-0.2, 0) is 12.8 Å². The molecule has 0 aromatic heterocycles. The van der Waals surface area contributed by atoms with Gasteiger partial charge in [0.1, 0.15) is 5.75 Å². The van der Waals surface area contributed by atoms with Gasteiger partial charge in [0.05, 0.1) is 7.11 Å². The zero-order valence-corrected chi connectivity index (χ0v) is 13.3. The molecule has 2 rings (SSSR count). The molecule has 21 heavy (non-hydrogen) atoms. The molecule has 2 heteroatoms. The van der Waals surface area contributed by atoms with Crippen LogP contribution in [0.25, 0.3) is 0 Å². The van der Waals surface area contributed by atoms with Crippen LogP contribution in [0.3, 0.4) is 0 Å². The highest BCUT2D eigenvalue weighted by molar-refractivity contribution is 5.33. The quantitative estimate of drug-likeness (QED) is 0.766. The first-order valence-electron chi connectivity index (χ1n) is 7.56. The molecular weight excluding hydrogens is 258 g/mol. The lowest BCUT2D eigenvalue weighted by Gasteiger charge is -2.25.